The third-order valence-electron chi connectivity index (χ3n) is 2.90. The molecule has 0 bridgehead atoms. The van der Waals surface area contributed by atoms with E-state index in [1.165, 1.54) is 0 Å². The molecule has 0 fully saturated rings. The molecule has 3 N–H and O–H groups in total. The van der Waals surface area contributed by atoms with Crippen molar-refractivity contribution in [1.29, 1.82) is 0 Å². The Labute approximate surface area is 115 Å². The van der Waals surface area contributed by atoms with Crippen molar-refractivity contribution in [1.82, 2.24) is 5.32 Å². The van der Waals surface area contributed by atoms with Gasteiger partial charge in [-0.2, -0.15) is 0 Å². The van der Waals surface area contributed by atoms with E-state index in [2.05, 4.69) is 19.2 Å². The van der Waals surface area contributed by atoms with Gasteiger partial charge in [0, 0.05) is 18.2 Å². The molecule has 1 amide bonds. The maximum Gasteiger partial charge on any atom is 0.248 e. The zero-order valence-electron chi connectivity index (χ0n) is 12.0. The van der Waals surface area contributed by atoms with Crippen LogP contribution in [-0.2, 0) is 11.3 Å². The maximum absolute atomic E-state index is 11.0. The topological polar surface area (TPSA) is 64.4 Å². The molecule has 0 aliphatic heterocycles. The van der Waals surface area contributed by atoms with Crippen LogP contribution >= 0.6 is 0 Å². The van der Waals surface area contributed by atoms with Crippen molar-refractivity contribution in [3.63, 3.8) is 0 Å². The van der Waals surface area contributed by atoms with Gasteiger partial charge in [-0.25, -0.2) is 0 Å². The van der Waals surface area contributed by atoms with E-state index >= 15 is 0 Å². The van der Waals surface area contributed by atoms with Gasteiger partial charge in [0.1, 0.15) is 0 Å². The molecule has 0 aliphatic rings. The molecule has 1 rings (SSSR count). The first-order valence-corrected chi connectivity index (χ1v) is 6.71. The number of aryl methyl sites for hydroxylation is 1. The number of hydrogen-bond acceptors (Lipinski definition) is 3. The molecule has 0 unspecified atom stereocenters. The van der Waals surface area contributed by atoms with Crippen LogP contribution < -0.4 is 11.1 Å². The lowest BCUT2D eigenvalue weighted by atomic mass is 10.1. The second-order valence-electron chi connectivity index (χ2n) is 5.02. The largest absolute Gasteiger partial charge is 0.377 e. The van der Waals surface area contributed by atoms with Crippen molar-refractivity contribution in [2.75, 3.05) is 13.2 Å². The summed E-state index contributed by atoms with van der Waals surface area (Å²) in [6, 6.07) is 5.97. The fraction of sp³-hybridized carbons (Fsp3) is 0.533. The van der Waals surface area contributed by atoms with Gasteiger partial charge in [0.25, 0.3) is 0 Å². The Morgan fingerprint density at radius 1 is 1.42 bits per heavy atom. The minimum absolute atomic E-state index is 0.393. The average molecular weight is 264 g/mol. The molecule has 106 valence electrons. The van der Waals surface area contributed by atoms with Gasteiger partial charge in [0.2, 0.25) is 5.91 Å². The van der Waals surface area contributed by atoms with Crippen LogP contribution in [0.3, 0.4) is 0 Å². The molecule has 0 saturated carbocycles. The predicted octanol–water partition coefficient (Wildman–Crippen LogP) is 2.00. The monoisotopic (exact) mass is 264 g/mol. The highest BCUT2D eigenvalue weighted by Crippen LogP contribution is 2.12. The molecular formula is C15H24N2O2. The van der Waals surface area contributed by atoms with Crippen molar-refractivity contribution in [3.05, 3.63) is 34.9 Å². The van der Waals surface area contributed by atoms with E-state index in [1.807, 2.05) is 13.0 Å². The highest BCUT2D eigenvalue weighted by Gasteiger charge is 2.04. The van der Waals surface area contributed by atoms with Gasteiger partial charge in [-0.1, -0.05) is 19.9 Å². The Morgan fingerprint density at radius 2 is 2.16 bits per heavy atom. The summed E-state index contributed by atoms with van der Waals surface area (Å²) in [5, 5.41) is 3.34. The molecule has 0 spiro atoms. The molecule has 0 saturated heterocycles. The third kappa shape index (κ3) is 5.85. The van der Waals surface area contributed by atoms with Gasteiger partial charge in [0.15, 0.2) is 0 Å². The predicted molar refractivity (Wildman–Crippen MR) is 77.1 cm³/mol. The third-order valence-corrected chi connectivity index (χ3v) is 2.90. The van der Waals surface area contributed by atoms with Crippen molar-refractivity contribution >= 4 is 5.91 Å². The minimum atomic E-state index is -0.393. The van der Waals surface area contributed by atoms with Crippen molar-refractivity contribution in [2.24, 2.45) is 5.73 Å². The van der Waals surface area contributed by atoms with Crippen LogP contribution in [0, 0.1) is 6.92 Å². The highest BCUT2D eigenvalue weighted by atomic mass is 16.5. The number of amides is 1. The van der Waals surface area contributed by atoms with Crippen LogP contribution in [0.15, 0.2) is 18.2 Å². The van der Waals surface area contributed by atoms with Gasteiger partial charge < -0.3 is 15.8 Å². The summed E-state index contributed by atoms with van der Waals surface area (Å²) in [7, 11) is 0. The number of carbonyl (C=O) groups is 1. The molecule has 0 heterocycles. The first-order chi connectivity index (χ1) is 9.00. The van der Waals surface area contributed by atoms with E-state index in [9.17, 15) is 4.79 Å². The lowest BCUT2D eigenvalue weighted by Crippen LogP contribution is -2.24. The summed E-state index contributed by atoms with van der Waals surface area (Å²) in [4.78, 5) is 11.0. The van der Waals surface area contributed by atoms with Crippen molar-refractivity contribution in [2.45, 2.75) is 39.8 Å². The van der Waals surface area contributed by atoms with Crippen LogP contribution in [0.25, 0.3) is 0 Å². The van der Waals surface area contributed by atoms with Crippen LogP contribution in [0.5, 0.6) is 0 Å². The second-order valence-corrected chi connectivity index (χ2v) is 5.02. The number of primary amides is 1. The summed E-state index contributed by atoms with van der Waals surface area (Å²) >= 11 is 0. The number of benzene rings is 1. The van der Waals surface area contributed by atoms with E-state index in [0.29, 0.717) is 18.2 Å². The molecule has 1 aromatic carbocycles. The van der Waals surface area contributed by atoms with Crippen LogP contribution in [0.1, 0.15) is 41.8 Å². The Kier molecular flexibility index (Phi) is 6.53. The number of rotatable bonds is 8. The van der Waals surface area contributed by atoms with E-state index in [1.54, 1.807) is 12.1 Å². The molecular weight excluding hydrogens is 240 g/mol. The van der Waals surface area contributed by atoms with Crippen LogP contribution in [-0.4, -0.2) is 25.1 Å². The summed E-state index contributed by atoms with van der Waals surface area (Å²) in [5.74, 6) is -0.393. The lowest BCUT2D eigenvalue weighted by molar-refractivity contribution is 0.0999. The van der Waals surface area contributed by atoms with Gasteiger partial charge in [0.05, 0.1) is 6.61 Å². The SMILES string of the molecule is Cc1cc(C(N)=O)ccc1COCCCNC(C)C. The van der Waals surface area contributed by atoms with Gasteiger partial charge in [-0.3, -0.25) is 4.79 Å². The van der Waals surface area contributed by atoms with Gasteiger partial charge in [-0.15, -0.1) is 0 Å². The maximum atomic E-state index is 11.0. The highest BCUT2D eigenvalue weighted by molar-refractivity contribution is 5.93. The number of carbonyl (C=O) groups excluding carboxylic acids is 1. The fourth-order valence-corrected chi connectivity index (χ4v) is 1.76. The Morgan fingerprint density at radius 3 is 2.74 bits per heavy atom. The van der Waals surface area contributed by atoms with Crippen molar-refractivity contribution in [3.8, 4) is 0 Å². The molecule has 0 aromatic heterocycles. The van der Waals surface area contributed by atoms with Crippen LogP contribution in [0.4, 0.5) is 0 Å². The molecule has 4 heteroatoms. The summed E-state index contributed by atoms with van der Waals surface area (Å²) < 4.78 is 5.63. The summed E-state index contributed by atoms with van der Waals surface area (Å²) in [6.45, 7) is 8.50. The van der Waals surface area contributed by atoms with E-state index < -0.39 is 5.91 Å². The molecule has 0 aliphatic carbocycles. The molecule has 0 radical (unpaired) electrons. The van der Waals surface area contributed by atoms with E-state index in [0.717, 1.165) is 30.7 Å². The van der Waals surface area contributed by atoms with E-state index in [4.69, 9.17) is 10.5 Å². The fourth-order valence-electron chi connectivity index (χ4n) is 1.76. The zero-order chi connectivity index (χ0) is 14.3. The van der Waals surface area contributed by atoms with Crippen molar-refractivity contribution < 1.29 is 9.53 Å². The number of hydrogen-bond donors (Lipinski definition) is 2. The Hall–Kier alpha value is -1.39. The molecule has 0 atom stereocenters. The second kappa shape index (κ2) is 7.92. The molecule has 4 nitrogen and oxygen atoms in total. The summed E-state index contributed by atoms with van der Waals surface area (Å²) in [5.41, 5.74) is 7.92. The van der Waals surface area contributed by atoms with Gasteiger partial charge >= 0.3 is 0 Å². The normalized spacial score (nSPS) is 10.9. The number of nitrogens with one attached hydrogen (secondary N) is 1. The standard InChI is InChI=1S/C15H24N2O2/c1-11(2)17-7-4-8-19-10-14-6-5-13(15(16)18)9-12(14)3/h5-6,9,11,17H,4,7-8,10H2,1-3H3,(H2,16,18). The lowest BCUT2D eigenvalue weighted by Gasteiger charge is -2.10. The first-order valence-electron chi connectivity index (χ1n) is 6.71. The van der Waals surface area contributed by atoms with E-state index in [-0.39, 0.29) is 0 Å². The molecule has 1 aromatic rings. The Bertz CT molecular complexity index is 417. The van der Waals surface area contributed by atoms with Gasteiger partial charge in [-0.05, 0) is 43.1 Å². The summed E-state index contributed by atoms with van der Waals surface area (Å²) in [6.07, 6.45) is 0.997. The first kappa shape index (κ1) is 15.7. The number of ether oxygens (including phenoxy) is 1. The number of nitrogens with two attached hydrogens (primary N) is 1. The smallest absolute Gasteiger partial charge is 0.248 e. The molecule has 19 heavy (non-hydrogen) atoms. The minimum Gasteiger partial charge on any atom is -0.377 e. The Balaban J connectivity index is 2.32. The van der Waals surface area contributed by atoms with Crippen LogP contribution in [0.2, 0.25) is 0 Å². The zero-order valence-corrected chi connectivity index (χ0v) is 12.0. The quantitative estimate of drug-likeness (QED) is 0.706. The average Bonchev–Trinajstić information content (AvgIpc) is 2.34.